The van der Waals surface area contributed by atoms with Crippen molar-refractivity contribution in [2.75, 3.05) is 13.7 Å². The zero-order valence-electron chi connectivity index (χ0n) is 9.24. The fourth-order valence-corrected chi connectivity index (χ4v) is 1.22. The number of halogens is 2. The lowest BCUT2D eigenvalue weighted by Gasteiger charge is -2.09. The lowest BCUT2D eigenvalue weighted by Crippen LogP contribution is -2.31. The molecule has 17 heavy (non-hydrogen) atoms. The van der Waals surface area contributed by atoms with Crippen LogP contribution in [0.15, 0.2) is 12.1 Å². The van der Waals surface area contributed by atoms with E-state index in [0.717, 1.165) is 0 Å². The Morgan fingerprint density at radius 3 is 2.88 bits per heavy atom. The number of aromatic amines is 1. The van der Waals surface area contributed by atoms with Gasteiger partial charge in [-0.1, -0.05) is 0 Å². The van der Waals surface area contributed by atoms with E-state index >= 15 is 0 Å². The molecule has 0 aromatic carbocycles. The molecule has 1 unspecified atom stereocenters. The third-order valence-electron chi connectivity index (χ3n) is 2.11. The predicted octanol–water partition coefficient (Wildman–Crippen LogP) is 0.517. The molecule has 0 spiro atoms. The number of H-pyrrole nitrogens is 1. The molecule has 0 aliphatic rings. The van der Waals surface area contributed by atoms with E-state index < -0.39 is 18.5 Å². The van der Waals surface area contributed by atoms with Crippen molar-refractivity contribution in [1.82, 2.24) is 10.3 Å². The molecule has 0 saturated heterocycles. The first-order valence-electron chi connectivity index (χ1n) is 4.97. The first-order chi connectivity index (χ1) is 8.04. The van der Waals surface area contributed by atoms with Crippen LogP contribution in [0.5, 0.6) is 0 Å². The quantitative estimate of drug-likeness (QED) is 0.641. The number of aromatic nitrogens is 1. The smallest absolute Gasteiger partial charge is 0.354 e. The van der Waals surface area contributed by atoms with Crippen LogP contribution in [0.25, 0.3) is 0 Å². The third-order valence-corrected chi connectivity index (χ3v) is 2.11. The molecule has 5 nitrogen and oxygen atoms in total. The van der Waals surface area contributed by atoms with E-state index in [4.69, 9.17) is 5.11 Å². The highest BCUT2D eigenvalue weighted by Gasteiger charge is 2.16. The van der Waals surface area contributed by atoms with Crippen molar-refractivity contribution in [3.8, 4) is 0 Å². The topological polar surface area (TPSA) is 74.3 Å². The van der Waals surface area contributed by atoms with E-state index in [-0.39, 0.29) is 13.1 Å². The Bertz CT molecular complexity index is 368. The monoisotopic (exact) mass is 248 g/mol. The van der Waals surface area contributed by atoms with Gasteiger partial charge in [-0.05, 0) is 12.1 Å². The highest BCUT2D eigenvalue weighted by Crippen LogP contribution is 2.04. The van der Waals surface area contributed by atoms with E-state index in [2.05, 4.69) is 15.0 Å². The Labute approximate surface area is 96.8 Å². The van der Waals surface area contributed by atoms with Gasteiger partial charge in [0, 0.05) is 18.8 Å². The van der Waals surface area contributed by atoms with E-state index in [1.54, 1.807) is 6.07 Å². The van der Waals surface area contributed by atoms with E-state index in [1.165, 1.54) is 13.2 Å². The van der Waals surface area contributed by atoms with Gasteiger partial charge in [0.1, 0.15) is 11.8 Å². The van der Waals surface area contributed by atoms with Crippen LogP contribution in [0, 0.1) is 0 Å². The van der Waals surface area contributed by atoms with Gasteiger partial charge in [0.05, 0.1) is 7.11 Å². The average Bonchev–Trinajstić information content (AvgIpc) is 2.76. The molecule has 1 rings (SSSR count). The Morgan fingerprint density at radius 1 is 1.59 bits per heavy atom. The first-order valence-corrected chi connectivity index (χ1v) is 4.97. The number of aliphatic hydroxyl groups is 1. The van der Waals surface area contributed by atoms with Crippen molar-refractivity contribution >= 4 is 5.97 Å². The van der Waals surface area contributed by atoms with Crippen molar-refractivity contribution in [3.63, 3.8) is 0 Å². The number of esters is 1. The zero-order chi connectivity index (χ0) is 12.8. The molecular weight excluding hydrogens is 234 g/mol. The number of rotatable bonds is 6. The molecule has 1 heterocycles. The molecule has 0 aliphatic heterocycles. The van der Waals surface area contributed by atoms with Gasteiger partial charge in [-0.3, -0.25) is 0 Å². The molecule has 7 heteroatoms. The van der Waals surface area contributed by atoms with E-state index in [0.29, 0.717) is 11.4 Å². The molecule has 0 aliphatic carbocycles. The Hall–Kier alpha value is -1.47. The van der Waals surface area contributed by atoms with Crippen LogP contribution in [0.4, 0.5) is 8.78 Å². The van der Waals surface area contributed by atoms with Crippen LogP contribution >= 0.6 is 0 Å². The van der Waals surface area contributed by atoms with Crippen LogP contribution in [0.1, 0.15) is 16.2 Å². The zero-order valence-corrected chi connectivity index (χ0v) is 9.24. The van der Waals surface area contributed by atoms with Crippen molar-refractivity contribution in [2.24, 2.45) is 0 Å². The number of carbonyl (C=O) groups is 1. The standard InChI is InChI=1S/C10H14F2N2O3/c1-17-10(16)7-3-2-6(14-7)4-13-5-8(15)9(11)12/h2-3,8-9,13-15H,4-5H2,1H3. The first kappa shape index (κ1) is 13.6. The molecule has 0 amide bonds. The maximum Gasteiger partial charge on any atom is 0.354 e. The number of hydrogen-bond acceptors (Lipinski definition) is 4. The second kappa shape index (κ2) is 6.31. The van der Waals surface area contributed by atoms with Gasteiger partial charge < -0.3 is 20.1 Å². The molecule has 0 fully saturated rings. The molecule has 1 atom stereocenters. The Morgan fingerprint density at radius 2 is 2.29 bits per heavy atom. The summed E-state index contributed by atoms with van der Waals surface area (Å²) < 4.78 is 28.4. The highest BCUT2D eigenvalue weighted by molar-refractivity contribution is 5.87. The molecule has 96 valence electrons. The maximum absolute atomic E-state index is 12.0. The largest absolute Gasteiger partial charge is 0.464 e. The van der Waals surface area contributed by atoms with E-state index in [1.807, 2.05) is 0 Å². The third kappa shape index (κ3) is 4.12. The SMILES string of the molecule is COC(=O)c1ccc(CNCC(O)C(F)F)[nH]1. The van der Waals surface area contributed by atoms with Gasteiger partial charge in [0.2, 0.25) is 0 Å². The number of ether oxygens (including phenoxy) is 1. The molecule has 0 saturated carbocycles. The number of carbonyl (C=O) groups excluding carboxylic acids is 1. The maximum atomic E-state index is 12.0. The summed E-state index contributed by atoms with van der Waals surface area (Å²) in [5.41, 5.74) is 0.936. The van der Waals surface area contributed by atoms with Gasteiger partial charge in [-0.25, -0.2) is 13.6 Å². The summed E-state index contributed by atoms with van der Waals surface area (Å²) in [6.07, 6.45) is -4.46. The Balaban J connectivity index is 2.37. The summed E-state index contributed by atoms with van der Waals surface area (Å²) in [6.45, 7) is 0.0328. The van der Waals surface area contributed by atoms with Crippen LogP contribution in [0.2, 0.25) is 0 Å². The van der Waals surface area contributed by atoms with Crippen LogP contribution in [0.3, 0.4) is 0 Å². The van der Waals surface area contributed by atoms with Crippen molar-refractivity contribution in [3.05, 3.63) is 23.5 Å². The number of aliphatic hydroxyl groups excluding tert-OH is 1. The highest BCUT2D eigenvalue weighted by atomic mass is 19.3. The summed E-state index contributed by atoms with van der Waals surface area (Å²) in [7, 11) is 1.26. The van der Waals surface area contributed by atoms with Crippen molar-refractivity contribution in [2.45, 2.75) is 19.1 Å². The van der Waals surface area contributed by atoms with Crippen LogP contribution < -0.4 is 5.32 Å². The Kier molecular flexibility index (Phi) is 5.05. The average molecular weight is 248 g/mol. The normalized spacial score (nSPS) is 12.8. The fraction of sp³-hybridized carbons (Fsp3) is 0.500. The van der Waals surface area contributed by atoms with Gasteiger partial charge >= 0.3 is 5.97 Å². The molecule has 3 N–H and O–H groups in total. The number of nitrogens with one attached hydrogen (secondary N) is 2. The molecule has 1 aromatic heterocycles. The summed E-state index contributed by atoms with van der Waals surface area (Å²) >= 11 is 0. The lowest BCUT2D eigenvalue weighted by atomic mass is 10.3. The summed E-state index contributed by atoms with van der Waals surface area (Å²) in [5.74, 6) is -0.496. The van der Waals surface area contributed by atoms with Crippen LogP contribution in [-0.2, 0) is 11.3 Å². The summed E-state index contributed by atoms with van der Waals surface area (Å²) in [6, 6.07) is 3.17. The number of hydrogen-bond donors (Lipinski definition) is 3. The minimum atomic E-state index is -2.77. The minimum absolute atomic E-state index is 0.218. The molecule has 0 radical (unpaired) electrons. The minimum Gasteiger partial charge on any atom is -0.464 e. The summed E-state index contributed by atoms with van der Waals surface area (Å²) in [4.78, 5) is 13.8. The second-order valence-corrected chi connectivity index (χ2v) is 3.42. The second-order valence-electron chi connectivity index (χ2n) is 3.42. The number of methoxy groups -OCH3 is 1. The summed E-state index contributed by atoms with van der Waals surface area (Å²) in [5, 5.41) is 11.5. The van der Waals surface area contributed by atoms with Gasteiger partial charge in [0.15, 0.2) is 0 Å². The van der Waals surface area contributed by atoms with Gasteiger partial charge in [0.25, 0.3) is 6.43 Å². The van der Waals surface area contributed by atoms with Gasteiger partial charge in [-0.2, -0.15) is 0 Å². The fourth-order valence-electron chi connectivity index (χ4n) is 1.22. The van der Waals surface area contributed by atoms with Crippen LogP contribution in [-0.4, -0.2) is 42.2 Å². The lowest BCUT2D eigenvalue weighted by molar-refractivity contribution is -0.00344. The molecule has 0 bridgehead atoms. The van der Waals surface area contributed by atoms with Crippen molar-refractivity contribution in [1.29, 1.82) is 0 Å². The van der Waals surface area contributed by atoms with Gasteiger partial charge in [-0.15, -0.1) is 0 Å². The predicted molar refractivity (Wildman–Crippen MR) is 55.8 cm³/mol. The van der Waals surface area contributed by atoms with E-state index in [9.17, 15) is 13.6 Å². The molecular formula is C10H14F2N2O3. The number of alkyl halides is 2. The van der Waals surface area contributed by atoms with Crippen molar-refractivity contribution < 1.29 is 23.4 Å². The molecule has 1 aromatic rings.